The van der Waals surface area contributed by atoms with E-state index >= 15 is 0 Å². The van der Waals surface area contributed by atoms with Crippen molar-refractivity contribution in [3.05, 3.63) is 29.3 Å². The summed E-state index contributed by atoms with van der Waals surface area (Å²) in [6.07, 6.45) is 2.95. The monoisotopic (exact) mass is 285 g/mol. The molecule has 5 heteroatoms. The van der Waals surface area contributed by atoms with Crippen LogP contribution >= 0.6 is 0 Å². The molecule has 0 aromatic heterocycles. The summed E-state index contributed by atoms with van der Waals surface area (Å²) < 4.78 is 26.3. The topological polar surface area (TPSA) is 57.6 Å². The van der Waals surface area contributed by atoms with Gasteiger partial charge >= 0.3 is 0 Å². The Labute approximate surface area is 116 Å². The molecule has 0 aliphatic rings. The fraction of sp³-hybridized carbons (Fsp3) is 0.571. The van der Waals surface area contributed by atoms with Gasteiger partial charge in [0.15, 0.2) is 0 Å². The molecule has 1 aromatic rings. The highest BCUT2D eigenvalue weighted by Gasteiger charge is 2.23. The van der Waals surface area contributed by atoms with Crippen molar-refractivity contribution in [3.63, 3.8) is 0 Å². The largest absolute Gasteiger partial charge is 0.392 e. The Bertz CT molecular complexity index is 511. The summed E-state index contributed by atoms with van der Waals surface area (Å²) in [5.74, 6) is 0. The molecule has 0 saturated carbocycles. The van der Waals surface area contributed by atoms with Crippen LogP contribution in [-0.4, -0.2) is 31.4 Å². The fourth-order valence-corrected chi connectivity index (χ4v) is 3.46. The summed E-state index contributed by atoms with van der Waals surface area (Å²) >= 11 is 0. The third kappa shape index (κ3) is 3.78. The first kappa shape index (κ1) is 16.1. The van der Waals surface area contributed by atoms with E-state index in [1.54, 1.807) is 32.2 Å². The van der Waals surface area contributed by atoms with E-state index in [9.17, 15) is 13.5 Å². The average molecular weight is 285 g/mol. The third-order valence-corrected chi connectivity index (χ3v) is 5.33. The fourth-order valence-electron chi connectivity index (χ4n) is 1.98. The van der Waals surface area contributed by atoms with Crippen LogP contribution < -0.4 is 0 Å². The molecule has 1 N–H and O–H groups in total. The highest BCUT2D eigenvalue weighted by molar-refractivity contribution is 7.89. The Morgan fingerprint density at radius 1 is 1.26 bits per heavy atom. The molecule has 4 nitrogen and oxygen atoms in total. The lowest BCUT2D eigenvalue weighted by molar-refractivity contribution is 0.280. The van der Waals surface area contributed by atoms with Gasteiger partial charge < -0.3 is 5.11 Å². The Balaban J connectivity index is 3.00. The predicted octanol–water partition coefficient (Wildman–Crippen LogP) is 2.30. The van der Waals surface area contributed by atoms with Crippen LogP contribution in [0.3, 0.4) is 0 Å². The predicted molar refractivity (Wildman–Crippen MR) is 76.4 cm³/mol. The van der Waals surface area contributed by atoms with Gasteiger partial charge in [0.2, 0.25) is 10.0 Å². The van der Waals surface area contributed by atoms with Crippen molar-refractivity contribution in [1.29, 1.82) is 0 Å². The molecule has 19 heavy (non-hydrogen) atoms. The summed E-state index contributed by atoms with van der Waals surface area (Å²) in [7, 11) is -1.85. The first-order valence-electron chi connectivity index (χ1n) is 6.60. The van der Waals surface area contributed by atoms with E-state index in [4.69, 9.17) is 0 Å². The van der Waals surface area contributed by atoms with E-state index in [1.807, 2.05) is 0 Å². The number of hydrogen-bond donors (Lipinski definition) is 1. The number of nitrogens with zero attached hydrogens (tertiary/aromatic N) is 1. The van der Waals surface area contributed by atoms with Crippen LogP contribution in [0.25, 0.3) is 0 Å². The molecule has 0 atom stereocenters. The molecule has 0 radical (unpaired) electrons. The van der Waals surface area contributed by atoms with Crippen molar-refractivity contribution in [2.45, 2.75) is 44.6 Å². The maximum Gasteiger partial charge on any atom is 0.243 e. The molecule has 0 aliphatic heterocycles. The molecule has 0 bridgehead atoms. The van der Waals surface area contributed by atoms with Crippen LogP contribution in [0.2, 0.25) is 0 Å². The van der Waals surface area contributed by atoms with Crippen LogP contribution in [0.5, 0.6) is 0 Å². The molecular weight excluding hydrogens is 262 g/mol. The lowest BCUT2D eigenvalue weighted by Gasteiger charge is -2.19. The molecular formula is C14H23NO3S. The second-order valence-electron chi connectivity index (χ2n) is 4.73. The van der Waals surface area contributed by atoms with Crippen molar-refractivity contribution < 1.29 is 13.5 Å². The molecule has 1 rings (SSSR count). The highest BCUT2D eigenvalue weighted by atomic mass is 32.2. The third-order valence-electron chi connectivity index (χ3n) is 3.33. The number of unbranched alkanes of at least 4 members (excludes halogenated alkanes) is 2. The molecule has 1 aromatic carbocycles. The highest BCUT2D eigenvalue weighted by Crippen LogP contribution is 2.22. The number of benzene rings is 1. The Kier molecular flexibility index (Phi) is 5.97. The van der Waals surface area contributed by atoms with Crippen molar-refractivity contribution >= 4 is 10.0 Å². The zero-order valence-corrected chi connectivity index (χ0v) is 12.7. The normalized spacial score (nSPS) is 12.1. The molecule has 0 aliphatic carbocycles. The van der Waals surface area contributed by atoms with E-state index < -0.39 is 10.0 Å². The molecule has 0 saturated heterocycles. The number of sulfonamides is 1. The zero-order chi connectivity index (χ0) is 14.5. The summed E-state index contributed by atoms with van der Waals surface area (Å²) in [6, 6.07) is 5.01. The summed E-state index contributed by atoms with van der Waals surface area (Å²) in [4.78, 5) is 0.290. The Hall–Kier alpha value is -0.910. The Morgan fingerprint density at radius 2 is 1.95 bits per heavy atom. The van der Waals surface area contributed by atoms with Crippen molar-refractivity contribution in [1.82, 2.24) is 4.31 Å². The minimum absolute atomic E-state index is 0.144. The van der Waals surface area contributed by atoms with Crippen LogP contribution in [0.15, 0.2) is 23.1 Å². The standard InChI is InChI=1S/C14H23NO3S/c1-4-5-6-10-15(3)19(17,18)14-9-7-8-13(11-16)12(14)2/h7-9,16H,4-6,10-11H2,1-3H3. The smallest absolute Gasteiger partial charge is 0.243 e. The minimum Gasteiger partial charge on any atom is -0.392 e. The molecule has 0 amide bonds. The van der Waals surface area contributed by atoms with Gasteiger partial charge in [0.05, 0.1) is 11.5 Å². The maximum atomic E-state index is 12.5. The van der Waals surface area contributed by atoms with Gasteiger partial charge in [0.25, 0.3) is 0 Å². The van der Waals surface area contributed by atoms with Crippen LogP contribution in [0, 0.1) is 6.92 Å². The van der Waals surface area contributed by atoms with Crippen molar-refractivity contribution in [2.24, 2.45) is 0 Å². The zero-order valence-electron chi connectivity index (χ0n) is 11.9. The van der Waals surface area contributed by atoms with Crippen LogP contribution in [0.4, 0.5) is 0 Å². The van der Waals surface area contributed by atoms with Crippen LogP contribution in [0.1, 0.15) is 37.3 Å². The molecule has 0 spiro atoms. The van der Waals surface area contributed by atoms with Gasteiger partial charge in [-0.2, -0.15) is 0 Å². The van der Waals surface area contributed by atoms with Crippen molar-refractivity contribution in [2.75, 3.05) is 13.6 Å². The van der Waals surface area contributed by atoms with E-state index in [0.717, 1.165) is 19.3 Å². The van der Waals surface area contributed by atoms with E-state index in [-0.39, 0.29) is 11.5 Å². The van der Waals surface area contributed by atoms with Gasteiger partial charge in [0, 0.05) is 13.6 Å². The maximum absolute atomic E-state index is 12.5. The molecule has 0 heterocycles. The number of hydrogen-bond acceptors (Lipinski definition) is 3. The van der Waals surface area contributed by atoms with Gasteiger partial charge in [0.1, 0.15) is 0 Å². The summed E-state index contributed by atoms with van der Waals surface area (Å²) in [5.41, 5.74) is 1.29. The molecule has 0 unspecified atom stereocenters. The molecule has 108 valence electrons. The second-order valence-corrected chi connectivity index (χ2v) is 6.75. The van der Waals surface area contributed by atoms with Gasteiger partial charge in [-0.15, -0.1) is 0 Å². The quantitative estimate of drug-likeness (QED) is 0.782. The summed E-state index contributed by atoms with van der Waals surface area (Å²) in [5, 5.41) is 9.21. The van der Waals surface area contributed by atoms with E-state index in [2.05, 4.69) is 6.92 Å². The Morgan fingerprint density at radius 3 is 2.53 bits per heavy atom. The van der Waals surface area contributed by atoms with E-state index in [0.29, 0.717) is 17.7 Å². The van der Waals surface area contributed by atoms with Gasteiger partial charge in [-0.05, 0) is 30.5 Å². The lowest BCUT2D eigenvalue weighted by Crippen LogP contribution is -2.28. The number of aliphatic hydroxyl groups is 1. The number of aliphatic hydroxyl groups excluding tert-OH is 1. The SMILES string of the molecule is CCCCCN(C)S(=O)(=O)c1cccc(CO)c1C. The lowest BCUT2D eigenvalue weighted by atomic mass is 10.1. The van der Waals surface area contributed by atoms with Gasteiger partial charge in [-0.25, -0.2) is 12.7 Å². The number of rotatable bonds is 7. The van der Waals surface area contributed by atoms with E-state index in [1.165, 1.54) is 4.31 Å². The molecule has 0 fully saturated rings. The van der Waals surface area contributed by atoms with Crippen molar-refractivity contribution in [3.8, 4) is 0 Å². The average Bonchev–Trinajstić information content (AvgIpc) is 2.38. The summed E-state index contributed by atoms with van der Waals surface area (Å²) in [6.45, 7) is 4.20. The minimum atomic E-state index is -3.46. The van der Waals surface area contributed by atoms with Gasteiger partial charge in [-0.1, -0.05) is 31.9 Å². The first-order chi connectivity index (χ1) is 8.95. The van der Waals surface area contributed by atoms with Gasteiger partial charge in [-0.3, -0.25) is 0 Å². The van der Waals surface area contributed by atoms with Crippen LogP contribution in [-0.2, 0) is 16.6 Å². The first-order valence-corrected chi connectivity index (χ1v) is 8.04. The second kappa shape index (κ2) is 7.03.